The van der Waals surface area contributed by atoms with Crippen molar-refractivity contribution in [3.8, 4) is 5.75 Å². The van der Waals surface area contributed by atoms with Crippen LogP contribution in [0.3, 0.4) is 0 Å². The molecule has 0 heterocycles. The summed E-state index contributed by atoms with van der Waals surface area (Å²) in [5, 5.41) is 0. The third kappa shape index (κ3) is 7.12. The first-order valence-electron chi connectivity index (χ1n) is 5.46. The Morgan fingerprint density at radius 3 is 1.90 bits per heavy atom. The second-order valence-corrected chi connectivity index (χ2v) is 13.0. The Kier molecular flexibility index (Phi) is 7.38. The van der Waals surface area contributed by atoms with Gasteiger partial charge in [0.1, 0.15) is 13.3 Å². The lowest BCUT2D eigenvalue weighted by atomic mass is 10.1. The van der Waals surface area contributed by atoms with Crippen molar-refractivity contribution in [3.63, 3.8) is 0 Å². The Morgan fingerprint density at radius 1 is 1.05 bits per heavy atom. The van der Waals surface area contributed by atoms with Crippen molar-refractivity contribution in [2.45, 2.75) is 6.42 Å². The summed E-state index contributed by atoms with van der Waals surface area (Å²) < 4.78 is 27.5. The first-order valence-corrected chi connectivity index (χ1v) is 13.1. The summed E-state index contributed by atoms with van der Waals surface area (Å²) in [6.45, 7) is -0.464. The van der Waals surface area contributed by atoms with Crippen LogP contribution >= 0.6 is 40.9 Å². The van der Waals surface area contributed by atoms with Crippen LogP contribution in [0.15, 0.2) is 24.3 Å². The molecule has 2 atom stereocenters. The van der Waals surface area contributed by atoms with Crippen molar-refractivity contribution in [1.29, 1.82) is 0 Å². The Balaban J connectivity index is 2.73. The van der Waals surface area contributed by atoms with E-state index in [4.69, 9.17) is 24.1 Å². The third-order valence-corrected chi connectivity index (χ3v) is 6.39. The van der Waals surface area contributed by atoms with Gasteiger partial charge in [0.05, 0.1) is 0 Å². The number of hydrogen-bond donors (Lipinski definition) is 4. The molecule has 1 aromatic carbocycles. The average molecular weight is 393 g/mol. The summed E-state index contributed by atoms with van der Waals surface area (Å²) in [6, 6.07) is 6.69. The summed E-state index contributed by atoms with van der Waals surface area (Å²) in [7, 11) is -5.75. The molecule has 0 fully saturated rings. The lowest BCUT2D eigenvalue weighted by molar-refractivity contribution is 0.270. The molecule has 4 N–H and O–H groups in total. The van der Waals surface area contributed by atoms with Gasteiger partial charge in [-0.2, -0.15) is 0 Å². The first-order chi connectivity index (χ1) is 9.50. The molecule has 21 heavy (non-hydrogen) atoms. The highest BCUT2D eigenvalue weighted by atomic mass is 32.4. The zero-order valence-electron chi connectivity index (χ0n) is 10.7. The van der Waals surface area contributed by atoms with Gasteiger partial charge < -0.3 is 24.1 Å². The van der Waals surface area contributed by atoms with Gasteiger partial charge in [0.25, 0.3) is 0 Å². The molecule has 0 aliphatic carbocycles. The zero-order valence-corrected chi connectivity index (χ0v) is 15.7. The van der Waals surface area contributed by atoms with Crippen LogP contribution in [0.25, 0.3) is 0 Å². The SMILES string of the molecule is O=P(O)(O)N(CCc1ccc(OP(P)P)cc1)P(=O)(O)O. The second kappa shape index (κ2) is 7.90. The Hall–Kier alpha value is 0.570. The van der Waals surface area contributed by atoms with Crippen LogP contribution in [0.1, 0.15) is 5.56 Å². The fraction of sp³-hybridized carbons (Fsp3) is 0.250. The monoisotopic (exact) mass is 393 g/mol. The average Bonchev–Trinajstić information content (AvgIpc) is 2.27. The van der Waals surface area contributed by atoms with Crippen LogP contribution in [0, 0.1) is 0 Å². The van der Waals surface area contributed by atoms with Crippen LogP contribution in [-0.2, 0) is 15.6 Å². The minimum Gasteiger partial charge on any atom is -0.466 e. The van der Waals surface area contributed by atoms with E-state index in [1.807, 2.05) is 0 Å². The molecule has 0 radical (unpaired) electrons. The zero-order chi connectivity index (χ0) is 16.3. The van der Waals surface area contributed by atoms with Gasteiger partial charge in [0, 0.05) is 6.54 Å². The molecule has 0 saturated carbocycles. The number of rotatable bonds is 7. The minimum atomic E-state index is -5.02. The third-order valence-electron chi connectivity index (χ3n) is 2.34. The first kappa shape index (κ1) is 19.6. The van der Waals surface area contributed by atoms with E-state index in [2.05, 4.69) is 17.9 Å². The summed E-state index contributed by atoms with van der Waals surface area (Å²) in [5.74, 6) is 0.636. The van der Waals surface area contributed by atoms with E-state index in [-0.39, 0.29) is 10.9 Å². The van der Waals surface area contributed by atoms with Crippen LogP contribution in [0.2, 0.25) is 0 Å². The molecule has 0 saturated heterocycles. The predicted octanol–water partition coefficient (Wildman–Crippen LogP) is 2.07. The van der Waals surface area contributed by atoms with Gasteiger partial charge in [0.15, 0.2) is 0 Å². The van der Waals surface area contributed by atoms with Crippen LogP contribution < -0.4 is 4.52 Å². The van der Waals surface area contributed by atoms with E-state index in [1.54, 1.807) is 24.3 Å². The molecule has 0 amide bonds. The van der Waals surface area contributed by atoms with E-state index in [9.17, 15) is 9.13 Å². The molecular formula is C8H16NO7P5. The highest BCUT2D eigenvalue weighted by molar-refractivity contribution is 8.41. The van der Waals surface area contributed by atoms with E-state index in [0.717, 1.165) is 0 Å². The molecule has 0 aliphatic heterocycles. The van der Waals surface area contributed by atoms with Crippen LogP contribution in [0.5, 0.6) is 5.75 Å². The fourth-order valence-electron chi connectivity index (χ4n) is 1.48. The molecule has 0 spiro atoms. The van der Waals surface area contributed by atoms with Gasteiger partial charge in [-0.3, -0.25) is 0 Å². The van der Waals surface area contributed by atoms with E-state index in [1.165, 1.54) is 0 Å². The summed E-state index contributed by atoms with van der Waals surface area (Å²) in [5.41, 5.74) is 0.672. The molecule has 2 unspecified atom stereocenters. The van der Waals surface area contributed by atoms with Gasteiger partial charge in [-0.25, -0.2) is 9.13 Å². The Labute approximate surface area is 127 Å². The van der Waals surface area contributed by atoms with Gasteiger partial charge in [-0.1, -0.05) is 30.0 Å². The van der Waals surface area contributed by atoms with Gasteiger partial charge in [-0.15, -0.1) is 4.44 Å². The minimum absolute atomic E-state index is 0.0764. The molecule has 120 valence electrons. The number of nitrogens with zero attached hydrogens (tertiary/aromatic N) is 1. The lowest BCUT2D eigenvalue weighted by Crippen LogP contribution is -2.19. The molecule has 0 aliphatic rings. The highest BCUT2D eigenvalue weighted by Gasteiger charge is 2.39. The summed E-state index contributed by atoms with van der Waals surface area (Å²) in [6.07, 6.45) is 0.0764. The predicted molar refractivity (Wildman–Crippen MR) is 87.9 cm³/mol. The van der Waals surface area contributed by atoms with Crippen LogP contribution in [0.4, 0.5) is 0 Å². The van der Waals surface area contributed by atoms with Crippen molar-refractivity contribution < 1.29 is 33.2 Å². The van der Waals surface area contributed by atoms with Gasteiger partial charge in [0.2, 0.25) is 0 Å². The molecule has 0 bridgehead atoms. The quantitative estimate of drug-likeness (QED) is 0.519. The molecule has 1 rings (SSSR count). The Morgan fingerprint density at radius 2 is 1.52 bits per heavy atom. The topological polar surface area (TPSA) is 128 Å². The van der Waals surface area contributed by atoms with E-state index < -0.39 is 29.6 Å². The Bertz CT molecular complexity index is 531. The van der Waals surface area contributed by atoms with Gasteiger partial charge in [-0.05, 0) is 24.1 Å². The van der Waals surface area contributed by atoms with Crippen molar-refractivity contribution in [3.05, 3.63) is 29.8 Å². The van der Waals surface area contributed by atoms with Crippen molar-refractivity contribution >= 4 is 40.9 Å². The highest BCUT2D eigenvalue weighted by Crippen LogP contribution is 2.57. The lowest BCUT2D eigenvalue weighted by Gasteiger charge is -2.23. The van der Waals surface area contributed by atoms with Crippen molar-refractivity contribution in [2.75, 3.05) is 6.54 Å². The maximum Gasteiger partial charge on any atom is 0.412 e. The molecular weight excluding hydrogens is 377 g/mol. The van der Waals surface area contributed by atoms with Crippen molar-refractivity contribution in [2.24, 2.45) is 0 Å². The molecule has 1 aromatic rings. The van der Waals surface area contributed by atoms with Gasteiger partial charge >= 0.3 is 15.5 Å². The largest absolute Gasteiger partial charge is 0.466 e. The van der Waals surface area contributed by atoms with Crippen LogP contribution in [-0.4, -0.2) is 30.6 Å². The fourth-order valence-corrected chi connectivity index (χ4v) is 4.51. The maximum atomic E-state index is 11.1. The summed E-state index contributed by atoms with van der Waals surface area (Å²) >= 11 is 0. The normalized spacial score (nSPS) is 13.0. The smallest absolute Gasteiger partial charge is 0.412 e. The van der Waals surface area contributed by atoms with E-state index >= 15 is 0 Å². The standard InChI is InChI=1S/C8H16NO7P5/c10-20(11,12)9(21(13,14)15)6-5-7-1-3-8(4-2-7)16-19(17)18/h1-4H,5-6,17-18H2,(H2,10,11,12)(H2,13,14,15). The number of benzene rings is 1. The molecule has 13 heteroatoms. The molecule has 8 nitrogen and oxygen atoms in total. The number of hydrogen-bond acceptors (Lipinski definition) is 3. The summed E-state index contributed by atoms with van der Waals surface area (Å²) in [4.78, 5) is 35.8. The van der Waals surface area contributed by atoms with E-state index in [0.29, 0.717) is 11.3 Å². The second-order valence-electron chi connectivity index (χ2n) is 3.97. The maximum absolute atomic E-state index is 11.1. The molecule has 0 aromatic heterocycles. The van der Waals surface area contributed by atoms with Crippen molar-refractivity contribution in [1.82, 2.24) is 4.44 Å².